The van der Waals surface area contributed by atoms with E-state index in [4.69, 9.17) is 20.5 Å². The van der Waals surface area contributed by atoms with Crippen molar-refractivity contribution in [2.45, 2.75) is 80.4 Å². The molecule has 0 aromatic heterocycles. The van der Waals surface area contributed by atoms with E-state index in [-0.39, 0.29) is 12.5 Å². The van der Waals surface area contributed by atoms with Gasteiger partial charge < -0.3 is 25.4 Å². The molecule has 4 N–H and O–H groups in total. The van der Waals surface area contributed by atoms with Crippen molar-refractivity contribution in [1.82, 2.24) is 10.2 Å². The molecule has 2 rings (SSSR count). The lowest BCUT2D eigenvalue weighted by Crippen LogP contribution is -2.66. The van der Waals surface area contributed by atoms with Crippen molar-refractivity contribution in [3.05, 3.63) is 0 Å². The van der Waals surface area contributed by atoms with Crippen molar-refractivity contribution in [3.63, 3.8) is 0 Å². The van der Waals surface area contributed by atoms with Crippen LogP contribution < -0.4 is 5.32 Å². The summed E-state index contributed by atoms with van der Waals surface area (Å²) in [6, 6.07) is -1.93. The fourth-order valence-corrected chi connectivity index (χ4v) is 5.00. The van der Waals surface area contributed by atoms with Crippen LogP contribution in [0.1, 0.15) is 37.2 Å². The first-order valence-corrected chi connectivity index (χ1v) is 11.6. The fraction of sp³-hybridized carbons (Fsp3) is 0.944. The van der Waals surface area contributed by atoms with Gasteiger partial charge in [-0.15, -0.1) is 11.6 Å². The molecule has 28 heavy (non-hydrogen) atoms. The molecule has 10 heteroatoms. The zero-order valence-corrected chi connectivity index (χ0v) is 17.9. The van der Waals surface area contributed by atoms with Crippen molar-refractivity contribution in [2.75, 3.05) is 19.8 Å². The second-order valence-corrected chi connectivity index (χ2v) is 9.86. The fourth-order valence-electron chi connectivity index (χ4n) is 3.95. The van der Waals surface area contributed by atoms with Gasteiger partial charge in [0.25, 0.3) is 0 Å². The van der Waals surface area contributed by atoms with Crippen LogP contribution in [-0.4, -0.2) is 97.4 Å². The van der Waals surface area contributed by atoms with Crippen LogP contribution in [0.4, 0.5) is 0 Å². The highest BCUT2D eigenvalue weighted by molar-refractivity contribution is 7.84. The Balaban J connectivity index is 2.23. The summed E-state index contributed by atoms with van der Waals surface area (Å²) in [5.74, 6) is -0.508. The Bertz CT molecular complexity index is 658. The lowest BCUT2D eigenvalue weighted by molar-refractivity contribution is -0.206. The lowest BCUT2D eigenvalue weighted by atomic mass is 9.92. The van der Waals surface area contributed by atoms with Crippen LogP contribution in [0.25, 0.3) is 0 Å². The molecule has 0 aromatic carbocycles. The van der Waals surface area contributed by atoms with Crippen LogP contribution >= 0.6 is 11.6 Å². The summed E-state index contributed by atoms with van der Waals surface area (Å²) >= 11 is 6.26. The van der Waals surface area contributed by atoms with Gasteiger partial charge in [0.05, 0.1) is 28.3 Å². The van der Waals surface area contributed by atoms with Gasteiger partial charge in [0.2, 0.25) is 5.91 Å². The molecule has 2 aliphatic heterocycles. The van der Waals surface area contributed by atoms with Crippen molar-refractivity contribution in [2.24, 2.45) is 5.92 Å². The Morgan fingerprint density at radius 1 is 1.39 bits per heavy atom. The molecule has 1 unspecified atom stereocenters. The zero-order valence-electron chi connectivity index (χ0n) is 19.3. The molecule has 0 aliphatic carbocycles. The van der Waals surface area contributed by atoms with Gasteiger partial charge in [0.1, 0.15) is 24.4 Å². The van der Waals surface area contributed by atoms with Gasteiger partial charge in [0, 0.05) is 16.9 Å². The minimum atomic E-state index is -2.45. The highest BCUT2D eigenvalue weighted by atomic mass is 35.5. The van der Waals surface area contributed by atoms with Gasteiger partial charge in [-0.1, -0.05) is 13.3 Å². The summed E-state index contributed by atoms with van der Waals surface area (Å²) in [7, 11) is -1.69. The number of nitrogens with zero attached hydrogens (tertiary/aromatic N) is 1. The van der Waals surface area contributed by atoms with Crippen LogP contribution in [0, 0.1) is 5.92 Å². The number of likely N-dealkylation sites (N-methyl/N-ethyl adjacent to an activating group) is 1. The summed E-state index contributed by atoms with van der Waals surface area (Å²) in [4.78, 5) is 14.3. The number of carbonyl (C=O) groups excluding carboxylic acids is 1. The van der Waals surface area contributed by atoms with Crippen molar-refractivity contribution < 1.29 is 33.2 Å². The number of likely N-dealkylation sites (tertiary alicyclic amines) is 1. The Labute approximate surface area is 178 Å². The maximum Gasteiger partial charge on any atom is 0.237 e. The van der Waals surface area contributed by atoms with E-state index in [0.717, 1.165) is 12.8 Å². The number of carbonyl (C=O) groups is 1. The molecule has 1 amide bonds. The third-order valence-corrected chi connectivity index (χ3v) is 6.79. The molecule has 0 saturated carbocycles. The molecule has 2 fully saturated rings. The van der Waals surface area contributed by atoms with Gasteiger partial charge in [-0.25, -0.2) is 0 Å². The smallest absolute Gasteiger partial charge is 0.237 e. The molecule has 0 spiro atoms. The number of aliphatic hydroxyl groups excluding tert-OH is 3. The second-order valence-electron chi connectivity index (χ2n) is 7.71. The Morgan fingerprint density at radius 2 is 2.07 bits per heavy atom. The number of alkyl halides is 1. The molecule has 164 valence electrons. The van der Waals surface area contributed by atoms with Crippen LogP contribution in [-0.2, 0) is 20.3 Å². The number of rotatable bonds is 7. The van der Waals surface area contributed by atoms with E-state index in [2.05, 4.69) is 5.32 Å². The number of hydrogen-bond donors (Lipinski definition) is 4. The maximum absolute atomic E-state index is 13.1. The van der Waals surface area contributed by atoms with Crippen molar-refractivity contribution >= 4 is 28.3 Å². The normalized spacial score (nSPS) is 42.1. The maximum atomic E-state index is 13.1. The average Bonchev–Trinajstić information content (AvgIpc) is 3.09. The summed E-state index contributed by atoms with van der Waals surface area (Å²) in [6.07, 6.45) is -2.76. The monoisotopic (exact) mass is 444 g/mol. The summed E-state index contributed by atoms with van der Waals surface area (Å²) in [5, 5.41) is 32.6. The molecule has 2 saturated heterocycles. The van der Waals surface area contributed by atoms with Crippen LogP contribution in [0.15, 0.2) is 0 Å². The van der Waals surface area contributed by atoms with Crippen molar-refractivity contribution in [1.29, 1.82) is 0 Å². The first-order chi connectivity index (χ1) is 14.3. The van der Waals surface area contributed by atoms with Crippen molar-refractivity contribution in [3.8, 4) is 0 Å². The molecule has 2 heterocycles. The van der Waals surface area contributed by atoms with E-state index in [1.807, 2.05) is 6.92 Å². The number of nitrogens with one attached hydrogen (secondary N) is 1. The van der Waals surface area contributed by atoms with Crippen LogP contribution in [0.5, 0.6) is 0 Å². The van der Waals surface area contributed by atoms with Crippen LogP contribution in [0.2, 0.25) is 0 Å². The van der Waals surface area contributed by atoms with Gasteiger partial charge in [-0.2, -0.15) is 0 Å². The second kappa shape index (κ2) is 10.1. The number of hydrogen-bond acceptors (Lipinski definition) is 7. The standard InChI is InChI=1S/C18H33ClN2O6S/c1-5-6-10-7-11(21(3)8-10)17(25)20-12(9(2)19)16-14(23)13(22)15(24)18(27-16)28(4)26/h9-16,18,22-24H,5-8H2,1-4H3,(H,20,25)/t9-,10+,11-,12+,13-,14+,15+,16+,18+,28?/m0/s1/i3+1D3. The predicted octanol–water partition coefficient (Wildman–Crippen LogP) is -0.595. The predicted molar refractivity (Wildman–Crippen MR) is 107 cm³/mol. The molecule has 0 aromatic rings. The summed E-state index contributed by atoms with van der Waals surface area (Å²) in [6.45, 7) is 1.37. The number of halogens is 1. The topological polar surface area (TPSA) is 119 Å². The van der Waals surface area contributed by atoms with E-state index in [9.17, 15) is 24.3 Å². The van der Waals surface area contributed by atoms with E-state index in [1.165, 1.54) is 11.2 Å². The molecule has 10 atom stereocenters. The van der Waals surface area contributed by atoms with E-state index >= 15 is 0 Å². The molecule has 0 bridgehead atoms. The SMILES string of the molecule is [2H][13C]([2H])([2H])N1C[C@H](CCC)C[C@H]1C(=O)N[C@@H]([C@H]1O[C@H](S(C)=O)[C@H](O)[C@@H](O)[C@H]1O)[C@H](C)Cl. The van der Waals surface area contributed by atoms with Gasteiger partial charge >= 0.3 is 0 Å². The number of amides is 1. The molecular formula is C18H33ClN2O6S. The highest BCUT2D eigenvalue weighted by Crippen LogP contribution is 2.29. The Hall–Kier alpha value is -0.290. The third-order valence-electron chi connectivity index (χ3n) is 5.48. The quantitative estimate of drug-likeness (QED) is 0.306. The zero-order chi connectivity index (χ0) is 23.7. The average molecular weight is 445 g/mol. The summed E-state index contributed by atoms with van der Waals surface area (Å²) in [5.41, 5.74) is -1.28. The third kappa shape index (κ3) is 5.24. The van der Waals surface area contributed by atoms with E-state index in [1.54, 1.807) is 6.92 Å². The van der Waals surface area contributed by atoms with E-state index < -0.39 is 71.0 Å². The molecule has 0 radical (unpaired) electrons. The van der Waals surface area contributed by atoms with E-state index in [0.29, 0.717) is 6.42 Å². The van der Waals surface area contributed by atoms with Crippen LogP contribution in [0.3, 0.4) is 0 Å². The van der Waals surface area contributed by atoms with Gasteiger partial charge in [-0.05, 0) is 32.7 Å². The minimum absolute atomic E-state index is 0.0634. The number of aliphatic hydroxyl groups is 3. The number of ether oxygens (including phenoxy) is 1. The Morgan fingerprint density at radius 3 is 2.61 bits per heavy atom. The Kier molecular flexibility index (Phi) is 7.13. The highest BCUT2D eigenvalue weighted by Gasteiger charge is 2.49. The van der Waals surface area contributed by atoms with Gasteiger partial charge in [0.15, 0.2) is 5.44 Å². The summed E-state index contributed by atoms with van der Waals surface area (Å²) < 4.78 is 40.9. The largest absolute Gasteiger partial charge is 0.388 e. The molecule has 2 aliphatic rings. The lowest BCUT2D eigenvalue weighted by Gasteiger charge is -2.43. The first kappa shape index (κ1) is 19.7. The first-order valence-electron chi connectivity index (χ1n) is 11.0. The molecular weight excluding hydrogens is 409 g/mol. The van der Waals surface area contributed by atoms with Gasteiger partial charge in [-0.3, -0.25) is 13.9 Å². The molecule has 8 nitrogen and oxygen atoms in total. The minimum Gasteiger partial charge on any atom is -0.388 e.